The van der Waals surface area contributed by atoms with Crippen LogP contribution in [0.2, 0.25) is 0 Å². The van der Waals surface area contributed by atoms with Crippen LogP contribution in [-0.4, -0.2) is 33.7 Å². The van der Waals surface area contributed by atoms with E-state index in [0.29, 0.717) is 28.6 Å². The maximum atomic E-state index is 14.2. The van der Waals surface area contributed by atoms with Crippen LogP contribution in [0, 0.1) is 11.6 Å². The van der Waals surface area contributed by atoms with Crippen LogP contribution in [0.5, 0.6) is 5.75 Å². The van der Waals surface area contributed by atoms with E-state index < -0.39 is 27.3 Å². The minimum atomic E-state index is -3.97. The zero-order valence-electron chi connectivity index (χ0n) is 18.9. The summed E-state index contributed by atoms with van der Waals surface area (Å²) in [5.74, 6) is -1.57. The second-order valence-electron chi connectivity index (χ2n) is 7.64. The van der Waals surface area contributed by atoms with E-state index in [1.54, 1.807) is 0 Å². The standard InChI is InChI=1S/C25H26F2N2O4S/c1-3-18-9-13-21(14-10-18)33-16-15-28-25(30)20-11-7-19(8-12-20)17-29(34(2,31)32)24-22(26)5-4-6-23(24)27/h4-14H,3,15-17H2,1-2H3,(H,28,30). The van der Waals surface area contributed by atoms with Gasteiger partial charge in [-0.05, 0) is 53.9 Å². The Bertz CT molecular complexity index is 1210. The molecule has 1 amide bonds. The van der Waals surface area contributed by atoms with Crippen LogP contribution < -0.4 is 14.4 Å². The van der Waals surface area contributed by atoms with Crippen molar-refractivity contribution in [3.8, 4) is 5.75 Å². The number of hydrogen-bond donors (Lipinski definition) is 1. The second kappa shape index (κ2) is 11.1. The lowest BCUT2D eigenvalue weighted by molar-refractivity contribution is 0.0947. The Morgan fingerprint density at radius 2 is 1.53 bits per heavy atom. The third-order valence-electron chi connectivity index (χ3n) is 5.12. The average molecular weight is 489 g/mol. The Morgan fingerprint density at radius 1 is 0.941 bits per heavy atom. The van der Waals surface area contributed by atoms with Crippen LogP contribution in [0.3, 0.4) is 0 Å². The molecule has 0 aliphatic rings. The van der Waals surface area contributed by atoms with Crippen LogP contribution in [0.4, 0.5) is 14.5 Å². The van der Waals surface area contributed by atoms with E-state index in [1.165, 1.54) is 29.8 Å². The molecule has 0 aliphatic carbocycles. The molecule has 3 aromatic carbocycles. The highest BCUT2D eigenvalue weighted by Gasteiger charge is 2.24. The summed E-state index contributed by atoms with van der Waals surface area (Å²) in [5.41, 5.74) is 1.39. The first kappa shape index (κ1) is 25.2. The predicted molar refractivity (Wildman–Crippen MR) is 127 cm³/mol. The summed E-state index contributed by atoms with van der Waals surface area (Å²) in [7, 11) is -3.97. The second-order valence-corrected chi connectivity index (χ2v) is 9.55. The molecule has 3 aromatic rings. The van der Waals surface area contributed by atoms with Crippen molar-refractivity contribution in [3.63, 3.8) is 0 Å². The van der Waals surface area contributed by atoms with Crippen molar-refractivity contribution >= 4 is 21.6 Å². The molecule has 0 unspecified atom stereocenters. The fraction of sp³-hybridized carbons (Fsp3) is 0.240. The van der Waals surface area contributed by atoms with E-state index in [1.807, 2.05) is 24.3 Å². The number of hydrogen-bond acceptors (Lipinski definition) is 4. The van der Waals surface area contributed by atoms with Gasteiger partial charge in [0, 0.05) is 5.56 Å². The number of nitrogens with zero attached hydrogens (tertiary/aromatic N) is 1. The zero-order chi connectivity index (χ0) is 24.7. The summed E-state index contributed by atoms with van der Waals surface area (Å²) < 4.78 is 59.1. The number of carbonyl (C=O) groups excluding carboxylic acids is 1. The van der Waals surface area contributed by atoms with Crippen LogP contribution in [0.25, 0.3) is 0 Å². The number of aryl methyl sites for hydroxylation is 1. The normalized spacial score (nSPS) is 11.2. The first-order valence-electron chi connectivity index (χ1n) is 10.7. The third kappa shape index (κ3) is 6.54. The number of rotatable bonds is 10. The number of para-hydroxylation sites is 1. The lowest BCUT2D eigenvalue weighted by atomic mass is 10.1. The van der Waals surface area contributed by atoms with E-state index in [2.05, 4.69) is 12.2 Å². The van der Waals surface area contributed by atoms with Crippen molar-refractivity contribution in [2.75, 3.05) is 23.7 Å². The van der Waals surface area contributed by atoms with Crippen LogP contribution in [-0.2, 0) is 23.0 Å². The van der Waals surface area contributed by atoms with Gasteiger partial charge in [-0.25, -0.2) is 17.2 Å². The van der Waals surface area contributed by atoms with Gasteiger partial charge in [-0.3, -0.25) is 9.10 Å². The number of benzene rings is 3. The average Bonchev–Trinajstić information content (AvgIpc) is 2.81. The Morgan fingerprint density at radius 3 is 2.09 bits per heavy atom. The molecule has 3 rings (SSSR count). The molecule has 0 saturated carbocycles. The minimum Gasteiger partial charge on any atom is -0.492 e. The molecule has 0 radical (unpaired) electrons. The highest BCUT2D eigenvalue weighted by Crippen LogP contribution is 2.27. The van der Waals surface area contributed by atoms with Crippen molar-refractivity contribution in [2.24, 2.45) is 0 Å². The van der Waals surface area contributed by atoms with Gasteiger partial charge in [0.1, 0.15) is 18.0 Å². The smallest absolute Gasteiger partial charge is 0.251 e. The molecule has 34 heavy (non-hydrogen) atoms. The van der Waals surface area contributed by atoms with Crippen molar-refractivity contribution in [1.29, 1.82) is 0 Å². The SMILES string of the molecule is CCc1ccc(OCCNC(=O)c2ccc(CN(c3c(F)cccc3F)S(C)(=O)=O)cc2)cc1. The largest absolute Gasteiger partial charge is 0.492 e. The zero-order valence-corrected chi connectivity index (χ0v) is 19.7. The van der Waals surface area contributed by atoms with E-state index in [4.69, 9.17) is 4.74 Å². The minimum absolute atomic E-state index is 0.288. The van der Waals surface area contributed by atoms with Gasteiger partial charge in [0.2, 0.25) is 10.0 Å². The Labute approximate surface area is 198 Å². The first-order valence-corrected chi connectivity index (χ1v) is 12.5. The number of amides is 1. The monoisotopic (exact) mass is 488 g/mol. The summed E-state index contributed by atoms with van der Waals surface area (Å²) in [6.45, 7) is 2.38. The van der Waals surface area contributed by atoms with Gasteiger partial charge >= 0.3 is 0 Å². The van der Waals surface area contributed by atoms with Crippen molar-refractivity contribution in [2.45, 2.75) is 19.9 Å². The number of anilines is 1. The summed E-state index contributed by atoms with van der Waals surface area (Å²) in [4.78, 5) is 12.4. The Hall–Kier alpha value is -3.46. The maximum Gasteiger partial charge on any atom is 0.251 e. The highest BCUT2D eigenvalue weighted by molar-refractivity contribution is 7.92. The summed E-state index contributed by atoms with van der Waals surface area (Å²) in [6, 6.07) is 17.0. The summed E-state index contributed by atoms with van der Waals surface area (Å²) >= 11 is 0. The number of nitrogens with one attached hydrogen (secondary N) is 1. The van der Waals surface area contributed by atoms with Crippen molar-refractivity contribution in [1.82, 2.24) is 5.32 Å². The molecular weight excluding hydrogens is 462 g/mol. The molecule has 0 spiro atoms. The quantitative estimate of drug-likeness (QED) is 0.432. The van der Waals surface area contributed by atoms with Gasteiger partial charge in [0.05, 0.1) is 19.3 Å². The third-order valence-corrected chi connectivity index (χ3v) is 6.23. The number of carbonyl (C=O) groups is 1. The number of ether oxygens (including phenoxy) is 1. The lowest BCUT2D eigenvalue weighted by Crippen LogP contribution is -2.31. The molecule has 0 atom stereocenters. The molecular formula is C25H26F2N2O4S. The van der Waals surface area contributed by atoms with Crippen LogP contribution in [0.1, 0.15) is 28.4 Å². The Balaban J connectivity index is 1.59. The maximum absolute atomic E-state index is 14.2. The molecule has 0 fully saturated rings. The van der Waals surface area contributed by atoms with Crippen molar-refractivity contribution in [3.05, 3.63) is 95.1 Å². The number of halogens is 2. The van der Waals surface area contributed by atoms with E-state index in [9.17, 15) is 22.0 Å². The molecule has 0 aliphatic heterocycles. The van der Waals surface area contributed by atoms with Gasteiger partial charge in [-0.2, -0.15) is 0 Å². The van der Waals surface area contributed by atoms with Crippen molar-refractivity contribution < 1.29 is 26.7 Å². The molecule has 0 aromatic heterocycles. The van der Waals surface area contributed by atoms with E-state index in [0.717, 1.165) is 36.6 Å². The van der Waals surface area contributed by atoms with Crippen LogP contribution >= 0.6 is 0 Å². The van der Waals surface area contributed by atoms with E-state index in [-0.39, 0.29) is 12.5 Å². The summed E-state index contributed by atoms with van der Waals surface area (Å²) in [5, 5.41) is 2.75. The fourth-order valence-electron chi connectivity index (χ4n) is 3.27. The topological polar surface area (TPSA) is 75.7 Å². The fourth-order valence-corrected chi connectivity index (χ4v) is 4.16. The lowest BCUT2D eigenvalue weighted by Gasteiger charge is -2.23. The van der Waals surface area contributed by atoms with Gasteiger partial charge in [-0.15, -0.1) is 0 Å². The predicted octanol–water partition coefficient (Wildman–Crippen LogP) is 4.30. The Kier molecular flexibility index (Phi) is 8.22. The molecule has 6 nitrogen and oxygen atoms in total. The van der Waals surface area contributed by atoms with Gasteiger partial charge in [0.25, 0.3) is 5.91 Å². The highest BCUT2D eigenvalue weighted by atomic mass is 32.2. The van der Waals surface area contributed by atoms with Gasteiger partial charge < -0.3 is 10.1 Å². The molecule has 0 saturated heterocycles. The molecule has 9 heteroatoms. The van der Waals surface area contributed by atoms with Gasteiger partial charge in [0.15, 0.2) is 11.6 Å². The van der Waals surface area contributed by atoms with E-state index >= 15 is 0 Å². The molecule has 180 valence electrons. The molecule has 0 heterocycles. The van der Waals surface area contributed by atoms with Crippen LogP contribution in [0.15, 0.2) is 66.7 Å². The molecule has 1 N–H and O–H groups in total. The van der Waals surface area contributed by atoms with Gasteiger partial charge in [-0.1, -0.05) is 37.3 Å². The molecule has 0 bridgehead atoms. The summed E-state index contributed by atoms with van der Waals surface area (Å²) in [6.07, 6.45) is 1.82. The first-order chi connectivity index (χ1) is 16.2. The number of sulfonamides is 1.